The number of hydrogen-bond acceptors (Lipinski definition) is 9. The van der Waals surface area contributed by atoms with Gasteiger partial charge in [0.1, 0.15) is 6.61 Å². The number of hydrogen-bond donors (Lipinski definition) is 0. The molecule has 3 aromatic carbocycles. The van der Waals surface area contributed by atoms with Crippen LogP contribution in [0.15, 0.2) is 65.3 Å². The molecule has 1 heterocycles. The molecule has 0 fully saturated rings. The van der Waals surface area contributed by atoms with Gasteiger partial charge in [0.15, 0.2) is 17.2 Å². The van der Waals surface area contributed by atoms with Crippen molar-refractivity contribution in [1.82, 2.24) is 0 Å². The van der Waals surface area contributed by atoms with Crippen LogP contribution in [0.1, 0.15) is 22.3 Å². The predicted octanol–water partition coefficient (Wildman–Crippen LogP) is 5.35. The van der Waals surface area contributed by atoms with Gasteiger partial charge in [-0.05, 0) is 64.9 Å². The highest BCUT2D eigenvalue weighted by Crippen LogP contribution is 2.36. The molecule has 1 aliphatic rings. The Morgan fingerprint density at radius 1 is 1.08 bits per heavy atom. The van der Waals surface area contributed by atoms with Crippen LogP contribution in [0.4, 0.5) is 11.4 Å². The molecule has 0 unspecified atom stereocenters. The van der Waals surface area contributed by atoms with Gasteiger partial charge < -0.3 is 14.2 Å². The molecule has 3 aromatic rings. The third-order valence-corrected chi connectivity index (χ3v) is 6.13. The number of cyclic esters (lactones) is 1. The summed E-state index contributed by atoms with van der Waals surface area (Å²) in [6, 6.07) is 14.0. The van der Waals surface area contributed by atoms with Crippen molar-refractivity contribution in [1.29, 1.82) is 0 Å². The number of benzene rings is 3. The Bertz CT molecular complexity index is 1500. The van der Waals surface area contributed by atoms with E-state index in [0.717, 1.165) is 0 Å². The Morgan fingerprint density at radius 3 is 2.57 bits per heavy atom. The standard InChI is InChI=1S/C25H18IN3O8/c1-14-6-7-17(12-21(14)29(33)34)24-27-20(25(30)37-24)10-16-9-19(26)23(22(11-16)35-2)36-13-15-4-3-5-18(8-15)28(31)32/h3-12H,13H2,1-2H3/b20-10-. The first-order valence-electron chi connectivity index (χ1n) is 10.7. The highest BCUT2D eigenvalue weighted by molar-refractivity contribution is 14.1. The van der Waals surface area contributed by atoms with Crippen LogP contribution in [-0.4, -0.2) is 28.8 Å². The average molecular weight is 615 g/mol. The normalized spacial score (nSPS) is 13.8. The monoisotopic (exact) mass is 615 g/mol. The lowest BCUT2D eigenvalue weighted by atomic mass is 10.1. The second kappa shape index (κ2) is 10.7. The molecule has 0 radical (unpaired) electrons. The van der Waals surface area contributed by atoms with Gasteiger partial charge in [-0.25, -0.2) is 9.79 Å². The summed E-state index contributed by atoms with van der Waals surface area (Å²) in [6.07, 6.45) is 1.51. The zero-order valence-electron chi connectivity index (χ0n) is 19.5. The maximum Gasteiger partial charge on any atom is 0.363 e. The number of nitro benzene ring substituents is 2. The van der Waals surface area contributed by atoms with Gasteiger partial charge >= 0.3 is 5.97 Å². The smallest absolute Gasteiger partial charge is 0.363 e. The van der Waals surface area contributed by atoms with Crippen molar-refractivity contribution in [3.63, 3.8) is 0 Å². The number of aryl methyl sites for hydroxylation is 1. The van der Waals surface area contributed by atoms with Gasteiger partial charge in [-0.1, -0.05) is 18.2 Å². The Hall–Kier alpha value is -4.33. The fourth-order valence-electron chi connectivity index (χ4n) is 3.51. The number of aliphatic imine (C=N–C) groups is 1. The summed E-state index contributed by atoms with van der Waals surface area (Å²) < 4.78 is 17.3. The predicted molar refractivity (Wildman–Crippen MR) is 142 cm³/mol. The van der Waals surface area contributed by atoms with E-state index < -0.39 is 15.8 Å². The molecule has 0 N–H and O–H groups in total. The van der Waals surface area contributed by atoms with Gasteiger partial charge in [0.2, 0.25) is 5.90 Å². The van der Waals surface area contributed by atoms with Crippen molar-refractivity contribution in [2.45, 2.75) is 13.5 Å². The van der Waals surface area contributed by atoms with Crippen LogP contribution in [0.25, 0.3) is 6.08 Å². The van der Waals surface area contributed by atoms with Gasteiger partial charge in [-0.15, -0.1) is 0 Å². The molecule has 12 heteroatoms. The van der Waals surface area contributed by atoms with Crippen LogP contribution in [-0.2, 0) is 16.1 Å². The minimum atomic E-state index is -0.696. The molecule has 0 aliphatic carbocycles. The van der Waals surface area contributed by atoms with Crippen LogP contribution < -0.4 is 9.47 Å². The number of carbonyl (C=O) groups excluding carboxylic acids is 1. The number of nitro groups is 2. The highest BCUT2D eigenvalue weighted by Gasteiger charge is 2.26. The molecule has 0 aromatic heterocycles. The first kappa shape index (κ1) is 25.8. The highest BCUT2D eigenvalue weighted by atomic mass is 127. The van der Waals surface area contributed by atoms with E-state index in [0.29, 0.717) is 37.3 Å². The number of nitrogens with zero attached hydrogens (tertiary/aromatic N) is 3. The van der Waals surface area contributed by atoms with Gasteiger partial charge in [0.05, 0.1) is 20.5 Å². The first-order chi connectivity index (χ1) is 17.7. The Morgan fingerprint density at radius 2 is 1.86 bits per heavy atom. The summed E-state index contributed by atoms with van der Waals surface area (Å²) in [6.45, 7) is 1.69. The van der Waals surface area contributed by atoms with Crippen LogP contribution in [0.5, 0.6) is 11.5 Å². The summed E-state index contributed by atoms with van der Waals surface area (Å²) in [5.74, 6) is 0.0898. The molecule has 4 rings (SSSR count). The molecule has 37 heavy (non-hydrogen) atoms. The second-order valence-corrected chi connectivity index (χ2v) is 9.01. The molecule has 0 saturated carbocycles. The summed E-state index contributed by atoms with van der Waals surface area (Å²) >= 11 is 2.05. The largest absolute Gasteiger partial charge is 0.493 e. The lowest BCUT2D eigenvalue weighted by molar-refractivity contribution is -0.385. The molecular formula is C25H18IN3O8. The van der Waals surface area contributed by atoms with E-state index in [9.17, 15) is 25.0 Å². The van der Waals surface area contributed by atoms with Gasteiger partial charge in [0, 0.05) is 29.3 Å². The van der Waals surface area contributed by atoms with Crippen molar-refractivity contribution in [2.75, 3.05) is 7.11 Å². The zero-order chi connectivity index (χ0) is 26.7. The zero-order valence-corrected chi connectivity index (χ0v) is 21.6. The number of esters is 1. The SMILES string of the molecule is COc1cc(/C=C2\N=C(c3ccc(C)c([N+](=O)[O-])c3)OC2=O)cc(I)c1OCc1cccc([N+](=O)[O-])c1. The molecule has 0 amide bonds. The van der Waals surface area contributed by atoms with Crippen LogP contribution >= 0.6 is 22.6 Å². The minimum absolute atomic E-state index is 0.0151. The summed E-state index contributed by atoms with van der Waals surface area (Å²) in [5, 5.41) is 22.3. The fourth-order valence-corrected chi connectivity index (χ4v) is 4.29. The van der Waals surface area contributed by atoms with E-state index in [1.54, 1.807) is 43.3 Å². The summed E-state index contributed by atoms with van der Waals surface area (Å²) in [4.78, 5) is 37.9. The van der Waals surface area contributed by atoms with E-state index in [1.807, 2.05) is 0 Å². The third kappa shape index (κ3) is 5.74. The van der Waals surface area contributed by atoms with E-state index >= 15 is 0 Å². The molecule has 0 atom stereocenters. The van der Waals surface area contributed by atoms with E-state index in [1.165, 1.54) is 31.4 Å². The number of carbonyl (C=O) groups is 1. The Labute approximate surface area is 223 Å². The van der Waals surface area contributed by atoms with E-state index in [2.05, 4.69) is 27.6 Å². The molecule has 11 nitrogen and oxygen atoms in total. The molecule has 1 aliphatic heterocycles. The number of ether oxygens (including phenoxy) is 3. The van der Waals surface area contributed by atoms with Crippen molar-refractivity contribution >= 4 is 51.9 Å². The topological polar surface area (TPSA) is 143 Å². The Kier molecular flexibility index (Phi) is 7.47. The average Bonchev–Trinajstić information content (AvgIpc) is 3.23. The quantitative estimate of drug-likeness (QED) is 0.109. The molecule has 0 spiro atoms. The molecular weight excluding hydrogens is 597 g/mol. The van der Waals surface area contributed by atoms with Crippen LogP contribution in [0.2, 0.25) is 0 Å². The van der Waals surface area contributed by atoms with E-state index in [4.69, 9.17) is 14.2 Å². The number of methoxy groups -OCH3 is 1. The third-order valence-electron chi connectivity index (χ3n) is 5.33. The first-order valence-corrected chi connectivity index (χ1v) is 11.8. The summed E-state index contributed by atoms with van der Waals surface area (Å²) in [7, 11) is 1.47. The number of halogens is 1. The lowest BCUT2D eigenvalue weighted by Crippen LogP contribution is -2.06. The fraction of sp³-hybridized carbons (Fsp3) is 0.120. The number of non-ortho nitro benzene ring substituents is 1. The van der Waals surface area contributed by atoms with Gasteiger partial charge in [0.25, 0.3) is 11.4 Å². The van der Waals surface area contributed by atoms with Crippen molar-refractivity contribution in [3.8, 4) is 11.5 Å². The second-order valence-electron chi connectivity index (χ2n) is 7.84. The van der Waals surface area contributed by atoms with Crippen LogP contribution in [0.3, 0.4) is 0 Å². The summed E-state index contributed by atoms with van der Waals surface area (Å²) in [5.41, 5.74) is 1.86. The maximum absolute atomic E-state index is 12.4. The maximum atomic E-state index is 12.4. The van der Waals surface area contributed by atoms with Crippen molar-refractivity contribution in [3.05, 3.63) is 106 Å². The number of rotatable bonds is 8. The molecule has 188 valence electrons. The Balaban J connectivity index is 1.59. The van der Waals surface area contributed by atoms with Gasteiger partial charge in [-0.2, -0.15) is 0 Å². The van der Waals surface area contributed by atoms with Crippen molar-refractivity contribution in [2.24, 2.45) is 4.99 Å². The molecule has 0 bridgehead atoms. The van der Waals surface area contributed by atoms with E-state index in [-0.39, 0.29) is 29.6 Å². The van der Waals surface area contributed by atoms with Crippen molar-refractivity contribution < 1.29 is 28.9 Å². The molecule has 0 saturated heterocycles. The van der Waals surface area contributed by atoms with Crippen LogP contribution in [0, 0.1) is 30.7 Å². The van der Waals surface area contributed by atoms with Gasteiger partial charge in [-0.3, -0.25) is 20.2 Å². The minimum Gasteiger partial charge on any atom is -0.493 e. The lowest BCUT2D eigenvalue weighted by Gasteiger charge is -2.13.